The Labute approximate surface area is 166 Å². The molecule has 1 amide bonds. The lowest BCUT2D eigenvalue weighted by atomic mass is 10.1. The maximum absolute atomic E-state index is 12.0. The first-order valence-corrected chi connectivity index (χ1v) is 9.59. The number of carbonyl (C=O) groups excluding carboxylic acids is 1. The third-order valence-electron chi connectivity index (χ3n) is 4.30. The number of rotatable bonds is 8. The molecule has 1 aromatic heterocycles. The zero-order chi connectivity index (χ0) is 19.6. The largest absolute Gasteiger partial charge is 0.356 e. The molecule has 0 unspecified atom stereocenters. The van der Waals surface area contributed by atoms with Crippen molar-refractivity contribution in [2.75, 3.05) is 11.9 Å². The van der Waals surface area contributed by atoms with Gasteiger partial charge in [-0.3, -0.25) is 9.78 Å². The zero-order valence-corrected chi connectivity index (χ0v) is 16.1. The third-order valence-corrected chi connectivity index (χ3v) is 4.30. The van der Waals surface area contributed by atoms with E-state index in [4.69, 9.17) is 0 Å². The van der Waals surface area contributed by atoms with E-state index >= 15 is 0 Å². The van der Waals surface area contributed by atoms with Gasteiger partial charge in [-0.05, 0) is 66.6 Å². The summed E-state index contributed by atoms with van der Waals surface area (Å²) in [6, 6.07) is 21.5. The monoisotopic (exact) mass is 371 g/mol. The molecule has 0 aliphatic heterocycles. The van der Waals surface area contributed by atoms with Crippen molar-refractivity contribution >= 4 is 29.4 Å². The lowest BCUT2D eigenvalue weighted by molar-refractivity contribution is 0.0953. The molecule has 4 nitrogen and oxygen atoms in total. The molecule has 0 radical (unpaired) electrons. The summed E-state index contributed by atoms with van der Waals surface area (Å²) in [5.74, 6) is -0.0240. The second-order valence-electron chi connectivity index (χ2n) is 6.52. The van der Waals surface area contributed by atoms with Gasteiger partial charge in [0, 0.05) is 29.7 Å². The van der Waals surface area contributed by atoms with Crippen LogP contribution in [0.5, 0.6) is 0 Å². The molecule has 3 aromatic rings. The fourth-order valence-electron chi connectivity index (χ4n) is 2.69. The minimum absolute atomic E-state index is 0.0240. The molecule has 0 saturated heterocycles. The molecule has 0 atom stereocenters. The Kier molecular flexibility index (Phi) is 6.96. The molecule has 1 heterocycles. The number of benzene rings is 2. The maximum Gasteiger partial charge on any atom is 0.251 e. The fraction of sp³-hybridized carbons (Fsp3) is 0.167. The lowest BCUT2D eigenvalue weighted by Gasteiger charge is -2.08. The second-order valence-corrected chi connectivity index (χ2v) is 6.52. The Bertz CT molecular complexity index is 901. The lowest BCUT2D eigenvalue weighted by Crippen LogP contribution is -2.24. The summed E-state index contributed by atoms with van der Waals surface area (Å²) in [6.07, 6.45) is 7.89. The Hall–Kier alpha value is -3.40. The summed E-state index contributed by atoms with van der Waals surface area (Å²) in [5.41, 5.74) is 4.66. The predicted molar refractivity (Wildman–Crippen MR) is 117 cm³/mol. The summed E-state index contributed by atoms with van der Waals surface area (Å²) >= 11 is 0. The molecule has 3 rings (SSSR count). The SMILES string of the molecule is CCCCNC(=O)c1ccc(Nc2ccc(/C=C/c3ccccn3)cc2)cc1. The molecule has 0 aliphatic rings. The smallest absolute Gasteiger partial charge is 0.251 e. The van der Waals surface area contributed by atoms with Crippen LogP contribution in [0.3, 0.4) is 0 Å². The number of amides is 1. The molecule has 0 spiro atoms. The van der Waals surface area contributed by atoms with Gasteiger partial charge in [0.2, 0.25) is 0 Å². The summed E-state index contributed by atoms with van der Waals surface area (Å²) < 4.78 is 0. The van der Waals surface area contributed by atoms with Gasteiger partial charge in [0.05, 0.1) is 5.69 Å². The Morgan fingerprint density at radius 3 is 2.29 bits per heavy atom. The molecule has 2 N–H and O–H groups in total. The number of carbonyl (C=O) groups is 1. The summed E-state index contributed by atoms with van der Waals surface area (Å²) in [6.45, 7) is 2.83. The standard InChI is InChI=1S/C24H25N3O/c1-2-3-17-26-24(28)20-10-15-23(16-11-20)27-22-13-8-19(9-14-22)7-12-21-6-4-5-18-25-21/h4-16,18,27H,2-3,17H2,1H3,(H,26,28)/b12-7+. The van der Waals surface area contributed by atoms with Gasteiger partial charge in [0.25, 0.3) is 5.91 Å². The van der Waals surface area contributed by atoms with E-state index in [9.17, 15) is 4.79 Å². The van der Waals surface area contributed by atoms with E-state index in [1.165, 1.54) is 0 Å². The van der Waals surface area contributed by atoms with Crippen LogP contribution < -0.4 is 10.6 Å². The van der Waals surface area contributed by atoms with E-state index in [1.807, 2.05) is 66.7 Å². The van der Waals surface area contributed by atoms with Gasteiger partial charge in [-0.25, -0.2) is 0 Å². The molecule has 2 aromatic carbocycles. The van der Waals surface area contributed by atoms with Crippen molar-refractivity contribution in [1.29, 1.82) is 0 Å². The van der Waals surface area contributed by atoms with Crippen LogP contribution in [0.25, 0.3) is 12.2 Å². The number of pyridine rings is 1. The van der Waals surface area contributed by atoms with Crippen LogP contribution in [0.1, 0.15) is 41.4 Å². The first-order valence-electron chi connectivity index (χ1n) is 9.59. The van der Waals surface area contributed by atoms with Crippen molar-refractivity contribution in [2.24, 2.45) is 0 Å². The van der Waals surface area contributed by atoms with Crippen LogP contribution in [0, 0.1) is 0 Å². The molecule has 0 aliphatic carbocycles. The number of hydrogen-bond donors (Lipinski definition) is 2. The molecule has 0 fully saturated rings. The number of anilines is 2. The van der Waals surface area contributed by atoms with Crippen LogP contribution in [0.2, 0.25) is 0 Å². The molecular formula is C24H25N3O. The number of unbranched alkanes of at least 4 members (excludes halogenated alkanes) is 1. The van der Waals surface area contributed by atoms with Crippen LogP contribution >= 0.6 is 0 Å². The van der Waals surface area contributed by atoms with Crippen LogP contribution in [0.4, 0.5) is 11.4 Å². The van der Waals surface area contributed by atoms with E-state index in [1.54, 1.807) is 6.20 Å². The number of nitrogens with zero attached hydrogens (tertiary/aromatic N) is 1. The molecule has 0 bridgehead atoms. The van der Waals surface area contributed by atoms with E-state index in [0.29, 0.717) is 5.56 Å². The molecule has 142 valence electrons. The Morgan fingerprint density at radius 2 is 1.64 bits per heavy atom. The van der Waals surface area contributed by atoms with Crippen molar-refractivity contribution in [3.05, 3.63) is 89.7 Å². The highest BCUT2D eigenvalue weighted by atomic mass is 16.1. The van der Waals surface area contributed by atoms with Crippen LogP contribution in [-0.2, 0) is 0 Å². The van der Waals surface area contributed by atoms with E-state index < -0.39 is 0 Å². The highest BCUT2D eigenvalue weighted by Gasteiger charge is 2.04. The van der Waals surface area contributed by atoms with Crippen molar-refractivity contribution in [3.8, 4) is 0 Å². The van der Waals surface area contributed by atoms with Crippen LogP contribution in [0.15, 0.2) is 72.9 Å². The van der Waals surface area contributed by atoms with E-state index in [0.717, 1.165) is 42.0 Å². The van der Waals surface area contributed by atoms with Gasteiger partial charge in [0.1, 0.15) is 0 Å². The topological polar surface area (TPSA) is 54.0 Å². The predicted octanol–water partition coefficient (Wildman–Crippen LogP) is 5.53. The minimum Gasteiger partial charge on any atom is -0.356 e. The van der Waals surface area contributed by atoms with E-state index in [2.05, 4.69) is 34.7 Å². The van der Waals surface area contributed by atoms with Gasteiger partial charge in [0.15, 0.2) is 0 Å². The first kappa shape index (κ1) is 19.4. The van der Waals surface area contributed by atoms with Gasteiger partial charge in [-0.15, -0.1) is 0 Å². The Morgan fingerprint density at radius 1 is 0.929 bits per heavy atom. The maximum atomic E-state index is 12.0. The van der Waals surface area contributed by atoms with Gasteiger partial charge in [-0.2, -0.15) is 0 Å². The first-order chi connectivity index (χ1) is 13.7. The van der Waals surface area contributed by atoms with Gasteiger partial charge >= 0.3 is 0 Å². The number of nitrogens with one attached hydrogen (secondary N) is 2. The molecule has 4 heteroatoms. The van der Waals surface area contributed by atoms with Gasteiger partial charge in [-0.1, -0.05) is 37.6 Å². The summed E-state index contributed by atoms with van der Waals surface area (Å²) in [5, 5.41) is 6.28. The zero-order valence-electron chi connectivity index (χ0n) is 16.1. The average Bonchev–Trinajstić information content (AvgIpc) is 2.75. The normalized spacial score (nSPS) is 10.8. The quantitative estimate of drug-likeness (QED) is 0.512. The highest BCUT2D eigenvalue weighted by Crippen LogP contribution is 2.18. The molecule has 28 heavy (non-hydrogen) atoms. The van der Waals surface area contributed by atoms with Crippen LogP contribution in [-0.4, -0.2) is 17.4 Å². The van der Waals surface area contributed by atoms with E-state index in [-0.39, 0.29) is 5.91 Å². The minimum atomic E-state index is -0.0240. The fourth-order valence-corrected chi connectivity index (χ4v) is 2.69. The molecular weight excluding hydrogens is 346 g/mol. The second kappa shape index (κ2) is 10.1. The average molecular weight is 371 g/mol. The summed E-state index contributed by atoms with van der Waals surface area (Å²) in [4.78, 5) is 16.3. The van der Waals surface area contributed by atoms with Crippen molar-refractivity contribution in [1.82, 2.24) is 10.3 Å². The van der Waals surface area contributed by atoms with Crippen molar-refractivity contribution in [3.63, 3.8) is 0 Å². The number of aromatic nitrogens is 1. The third kappa shape index (κ3) is 5.81. The van der Waals surface area contributed by atoms with Gasteiger partial charge < -0.3 is 10.6 Å². The van der Waals surface area contributed by atoms with Crippen molar-refractivity contribution < 1.29 is 4.79 Å². The highest BCUT2D eigenvalue weighted by molar-refractivity contribution is 5.94. The summed E-state index contributed by atoms with van der Waals surface area (Å²) in [7, 11) is 0. The van der Waals surface area contributed by atoms with Crippen molar-refractivity contribution in [2.45, 2.75) is 19.8 Å². The number of hydrogen-bond acceptors (Lipinski definition) is 3. The Balaban J connectivity index is 1.56. The molecule has 0 saturated carbocycles.